The van der Waals surface area contributed by atoms with Gasteiger partial charge in [0.2, 0.25) is 0 Å². The van der Waals surface area contributed by atoms with E-state index < -0.39 is 0 Å². The highest BCUT2D eigenvalue weighted by Crippen LogP contribution is 2.27. The number of amides is 2. The van der Waals surface area contributed by atoms with Crippen LogP contribution in [0, 0.1) is 25.2 Å². The maximum atomic E-state index is 14.1. The van der Waals surface area contributed by atoms with E-state index in [0.29, 0.717) is 59.6 Å². The number of nitriles is 1. The molecule has 1 fully saturated rings. The molecule has 5 aromatic rings. The zero-order valence-electron chi connectivity index (χ0n) is 25.7. The smallest absolute Gasteiger partial charge is 0.264 e. The molecule has 0 spiro atoms. The van der Waals surface area contributed by atoms with Crippen LogP contribution >= 0.6 is 22.9 Å². The molecule has 0 N–H and O–H groups in total. The number of imidazole rings is 1. The predicted octanol–water partition coefficient (Wildman–Crippen LogP) is 6.94. The molecule has 0 bridgehead atoms. The van der Waals surface area contributed by atoms with E-state index in [4.69, 9.17) is 16.9 Å². The molecule has 1 saturated heterocycles. The van der Waals surface area contributed by atoms with Gasteiger partial charge in [-0.3, -0.25) is 9.59 Å². The molecule has 1 aliphatic heterocycles. The Morgan fingerprint density at radius 2 is 1.67 bits per heavy atom. The number of hydrogen-bond donors (Lipinski definition) is 0. The molecule has 232 valence electrons. The van der Waals surface area contributed by atoms with E-state index in [9.17, 15) is 9.59 Å². The molecule has 3 heterocycles. The van der Waals surface area contributed by atoms with Crippen LogP contribution in [0.1, 0.15) is 48.0 Å². The third kappa shape index (κ3) is 6.84. The van der Waals surface area contributed by atoms with Crippen molar-refractivity contribution < 1.29 is 9.59 Å². The highest BCUT2D eigenvalue weighted by molar-refractivity contribution is 7.17. The third-order valence-electron chi connectivity index (χ3n) is 8.43. The lowest BCUT2D eigenvalue weighted by molar-refractivity contribution is 0.0751. The van der Waals surface area contributed by atoms with Crippen molar-refractivity contribution in [1.29, 1.82) is 5.26 Å². The summed E-state index contributed by atoms with van der Waals surface area (Å²) < 4.78 is 2.64. The van der Waals surface area contributed by atoms with Crippen molar-refractivity contribution in [2.24, 2.45) is 0 Å². The van der Waals surface area contributed by atoms with E-state index in [1.165, 1.54) is 11.3 Å². The van der Waals surface area contributed by atoms with E-state index in [0.717, 1.165) is 33.8 Å². The van der Waals surface area contributed by atoms with Crippen molar-refractivity contribution in [3.8, 4) is 6.07 Å². The zero-order valence-corrected chi connectivity index (χ0v) is 27.3. The van der Waals surface area contributed by atoms with Gasteiger partial charge in [0.15, 0.2) is 0 Å². The Kier molecular flexibility index (Phi) is 9.20. The van der Waals surface area contributed by atoms with Crippen LogP contribution in [0.2, 0.25) is 4.34 Å². The number of nitrogens with zero attached hydrogens (tertiary/aromatic N) is 6. The predicted molar refractivity (Wildman–Crippen MR) is 183 cm³/mol. The fourth-order valence-electron chi connectivity index (χ4n) is 5.57. The minimum absolute atomic E-state index is 0.0193. The number of aryl methyl sites for hydroxylation is 2. The van der Waals surface area contributed by atoms with Gasteiger partial charge < -0.3 is 19.3 Å². The normalized spacial score (nSPS) is 13.0. The lowest BCUT2D eigenvalue weighted by Gasteiger charge is -2.36. The summed E-state index contributed by atoms with van der Waals surface area (Å²) >= 11 is 7.35. The number of carbonyl (C=O) groups excluding carboxylic acids is 2. The highest BCUT2D eigenvalue weighted by Gasteiger charge is 2.25. The first kappa shape index (κ1) is 31.1. The monoisotopic (exact) mass is 648 g/mol. The van der Waals surface area contributed by atoms with Gasteiger partial charge >= 0.3 is 0 Å². The van der Waals surface area contributed by atoms with Crippen LogP contribution in [-0.4, -0.2) is 52.4 Å². The minimum Gasteiger partial charge on any atom is -0.368 e. The number of halogens is 1. The van der Waals surface area contributed by atoms with Crippen molar-refractivity contribution in [1.82, 2.24) is 14.5 Å². The molecule has 0 aliphatic carbocycles. The van der Waals surface area contributed by atoms with E-state index in [2.05, 4.69) is 16.0 Å². The van der Waals surface area contributed by atoms with Gasteiger partial charge in [0.1, 0.15) is 0 Å². The van der Waals surface area contributed by atoms with E-state index >= 15 is 0 Å². The second-order valence-corrected chi connectivity index (χ2v) is 13.1. The average Bonchev–Trinajstić information content (AvgIpc) is 3.73. The lowest BCUT2D eigenvalue weighted by atomic mass is 10.0. The Hall–Kier alpha value is -4.91. The highest BCUT2D eigenvalue weighted by atomic mass is 35.5. The van der Waals surface area contributed by atoms with Gasteiger partial charge in [-0.15, -0.1) is 11.3 Å². The molecule has 6 rings (SSSR count). The number of rotatable bonds is 8. The third-order valence-corrected chi connectivity index (χ3v) is 9.65. The SMILES string of the molecule is Cc1ccc(C(=O)N(Cc2cncn2Cc2ccc(C#N)cc2)c2ccc(N3CCN(C(=O)c4ccc(Cl)s4)CC3)cc2)cc1C. The van der Waals surface area contributed by atoms with Crippen molar-refractivity contribution in [2.75, 3.05) is 36.0 Å². The fraction of sp³-hybridized carbons (Fsp3) is 0.222. The van der Waals surface area contributed by atoms with E-state index in [-0.39, 0.29) is 11.8 Å². The largest absolute Gasteiger partial charge is 0.368 e. The lowest BCUT2D eigenvalue weighted by Crippen LogP contribution is -2.48. The van der Waals surface area contributed by atoms with Gasteiger partial charge in [-0.1, -0.05) is 29.8 Å². The van der Waals surface area contributed by atoms with Gasteiger partial charge in [0.05, 0.1) is 39.4 Å². The Balaban J connectivity index is 1.21. The summed E-state index contributed by atoms with van der Waals surface area (Å²) in [5, 5.41) is 9.15. The van der Waals surface area contributed by atoms with E-state index in [1.807, 2.05) is 77.9 Å². The summed E-state index contributed by atoms with van der Waals surface area (Å²) in [5.41, 5.74) is 7.18. The number of carbonyl (C=O) groups is 2. The van der Waals surface area contributed by atoms with Crippen LogP contribution < -0.4 is 9.80 Å². The van der Waals surface area contributed by atoms with Crippen LogP contribution in [0.15, 0.2) is 91.4 Å². The number of thiophene rings is 1. The summed E-state index contributed by atoms with van der Waals surface area (Å²) in [6, 6.07) is 27.0. The Morgan fingerprint density at radius 1 is 0.935 bits per heavy atom. The van der Waals surface area contributed by atoms with E-state index in [1.54, 1.807) is 41.7 Å². The standard InChI is InChI=1S/C36H33ClN6O2S/c1-25-3-8-29(19-26(25)2)35(44)43(23-32-21-39-24-42(32)22-28-6-4-27(20-38)5-7-28)31-11-9-30(10-12-31)40-15-17-41(18-16-40)36(45)33-13-14-34(37)46-33/h3-14,19,21,24H,15-18,22-23H2,1-2H3. The van der Waals surface area contributed by atoms with Gasteiger partial charge in [-0.05, 0) is 91.2 Å². The molecular weight excluding hydrogens is 616 g/mol. The summed E-state index contributed by atoms with van der Waals surface area (Å²) in [5.74, 6) is -0.0754. The number of benzene rings is 3. The molecule has 2 aromatic heterocycles. The molecule has 0 unspecified atom stereocenters. The van der Waals surface area contributed by atoms with Crippen LogP contribution in [0.5, 0.6) is 0 Å². The molecule has 3 aromatic carbocycles. The molecular formula is C36H33ClN6O2S. The first-order valence-electron chi connectivity index (χ1n) is 15.1. The first-order valence-corrected chi connectivity index (χ1v) is 16.3. The van der Waals surface area contributed by atoms with Gasteiger partial charge in [-0.2, -0.15) is 5.26 Å². The number of aromatic nitrogens is 2. The molecule has 0 atom stereocenters. The number of piperazine rings is 1. The number of anilines is 2. The summed E-state index contributed by atoms with van der Waals surface area (Å²) in [7, 11) is 0. The summed E-state index contributed by atoms with van der Waals surface area (Å²) in [6.07, 6.45) is 3.57. The maximum Gasteiger partial charge on any atom is 0.264 e. The second kappa shape index (κ2) is 13.6. The molecule has 10 heteroatoms. The number of hydrogen-bond acceptors (Lipinski definition) is 6. The van der Waals surface area contributed by atoms with Gasteiger partial charge in [0, 0.05) is 55.9 Å². The fourth-order valence-corrected chi connectivity index (χ4v) is 6.58. The van der Waals surface area contributed by atoms with Crippen molar-refractivity contribution >= 4 is 46.1 Å². The first-order chi connectivity index (χ1) is 22.3. The molecule has 0 radical (unpaired) electrons. The molecule has 8 nitrogen and oxygen atoms in total. The summed E-state index contributed by atoms with van der Waals surface area (Å²) in [4.78, 5) is 38.0. The van der Waals surface area contributed by atoms with Crippen LogP contribution in [0.25, 0.3) is 0 Å². The topological polar surface area (TPSA) is 85.5 Å². The van der Waals surface area contributed by atoms with Gasteiger partial charge in [-0.25, -0.2) is 4.98 Å². The average molecular weight is 649 g/mol. The molecule has 0 saturated carbocycles. The Bertz CT molecular complexity index is 1900. The molecule has 2 amide bonds. The molecule has 46 heavy (non-hydrogen) atoms. The Morgan fingerprint density at radius 3 is 2.33 bits per heavy atom. The molecule has 1 aliphatic rings. The summed E-state index contributed by atoms with van der Waals surface area (Å²) in [6.45, 7) is 7.62. The quantitative estimate of drug-likeness (QED) is 0.182. The maximum absolute atomic E-state index is 14.1. The second-order valence-electron chi connectivity index (χ2n) is 11.4. The van der Waals surface area contributed by atoms with Crippen LogP contribution in [0.3, 0.4) is 0 Å². The van der Waals surface area contributed by atoms with Crippen molar-refractivity contribution in [3.05, 3.63) is 134 Å². The minimum atomic E-state index is -0.0946. The van der Waals surface area contributed by atoms with Gasteiger partial charge in [0.25, 0.3) is 11.8 Å². The zero-order chi connectivity index (χ0) is 32.2. The Labute approximate surface area is 277 Å². The van der Waals surface area contributed by atoms with Crippen LogP contribution in [0.4, 0.5) is 11.4 Å². The van der Waals surface area contributed by atoms with Crippen molar-refractivity contribution in [2.45, 2.75) is 26.9 Å². The van der Waals surface area contributed by atoms with Crippen LogP contribution in [-0.2, 0) is 13.1 Å². The van der Waals surface area contributed by atoms with Crippen molar-refractivity contribution in [3.63, 3.8) is 0 Å².